The highest BCUT2D eigenvalue weighted by molar-refractivity contribution is 5.90. The van der Waals surface area contributed by atoms with Crippen molar-refractivity contribution in [1.82, 2.24) is 5.32 Å². The molecule has 136 valence electrons. The summed E-state index contributed by atoms with van der Waals surface area (Å²) in [4.78, 5) is 24.1. The number of ether oxygens (including phenoxy) is 1. The molecule has 5 nitrogen and oxygen atoms in total. The van der Waals surface area contributed by atoms with Crippen molar-refractivity contribution in [2.45, 2.75) is 33.2 Å². The molecule has 1 aliphatic heterocycles. The van der Waals surface area contributed by atoms with Crippen molar-refractivity contribution >= 4 is 17.5 Å². The summed E-state index contributed by atoms with van der Waals surface area (Å²) in [5.41, 5.74) is 3.96. The van der Waals surface area contributed by atoms with Gasteiger partial charge >= 0.3 is 0 Å². The monoisotopic (exact) mass is 352 g/mol. The first-order chi connectivity index (χ1) is 12.6. The molecule has 1 heterocycles. The van der Waals surface area contributed by atoms with Crippen LogP contribution in [0.1, 0.15) is 30.0 Å². The molecule has 1 aliphatic rings. The zero-order valence-corrected chi connectivity index (χ0v) is 15.2. The van der Waals surface area contributed by atoms with E-state index >= 15 is 0 Å². The molecule has 0 aliphatic carbocycles. The summed E-state index contributed by atoms with van der Waals surface area (Å²) < 4.78 is 5.75. The molecular weight excluding hydrogens is 328 g/mol. The van der Waals surface area contributed by atoms with Crippen LogP contribution in [0.2, 0.25) is 0 Å². The Morgan fingerprint density at radius 1 is 1.19 bits per heavy atom. The van der Waals surface area contributed by atoms with Crippen LogP contribution in [0.25, 0.3) is 0 Å². The van der Waals surface area contributed by atoms with Gasteiger partial charge in [-0.15, -0.1) is 0 Å². The Labute approximate surface area is 153 Å². The molecule has 0 aromatic heterocycles. The van der Waals surface area contributed by atoms with Gasteiger partial charge in [0, 0.05) is 18.7 Å². The smallest absolute Gasteiger partial charge is 0.227 e. The molecule has 26 heavy (non-hydrogen) atoms. The minimum atomic E-state index is -0.233. The number of hydrogen-bond donors (Lipinski definition) is 2. The minimum absolute atomic E-state index is 0.0121. The van der Waals surface area contributed by atoms with Gasteiger partial charge in [-0.05, 0) is 48.2 Å². The molecule has 0 bridgehead atoms. The molecule has 2 amide bonds. The number of benzene rings is 2. The summed E-state index contributed by atoms with van der Waals surface area (Å²) in [6.45, 7) is 4.73. The summed E-state index contributed by atoms with van der Waals surface area (Å²) in [5, 5.41) is 5.85. The Morgan fingerprint density at radius 2 is 2.00 bits per heavy atom. The zero-order valence-electron chi connectivity index (χ0n) is 15.2. The number of carbonyl (C=O) groups is 2. The Morgan fingerprint density at radius 3 is 2.77 bits per heavy atom. The molecule has 2 N–H and O–H groups in total. The van der Waals surface area contributed by atoms with Crippen molar-refractivity contribution < 1.29 is 14.3 Å². The van der Waals surface area contributed by atoms with Crippen LogP contribution in [0.15, 0.2) is 42.5 Å². The highest BCUT2D eigenvalue weighted by Crippen LogP contribution is 2.30. The maximum absolute atomic E-state index is 12.5. The Bertz CT molecular complexity index is 817. The van der Waals surface area contributed by atoms with Crippen molar-refractivity contribution in [1.29, 1.82) is 0 Å². The summed E-state index contributed by atoms with van der Waals surface area (Å²) in [6, 6.07) is 13.6. The Hall–Kier alpha value is -2.82. The van der Waals surface area contributed by atoms with E-state index in [1.165, 1.54) is 0 Å². The van der Waals surface area contributed by atoms with E-state index in [0.717, 1.165) is 28.1 Å². The number of carbonyl (C=O) groups excluding carboxylic acids is 2. The first-order valence-corrected chi connectivity index (χ1v) is 8.94. The molecule has 0 saturated carbocycles. The molecule has 2 aromatic rings. The number of amides is 2. The van der Waals surface area contributed by atoms with Crippen LogP contribution in [-0.4, -0.2) is 18.4 Å². The predicted molar refractivity (Wildman–Crippen MR) is 101 cm³/mol. The molecule has 0 fully saturated rings. The lowest BCUT2D eigenvalue weighted by atomic mass is 9.95. The number of hydrogen-bond acceptors (Lipinski definition) is 3. The Balaban J connectivity index is 1.63. The number of aryl methyl sites for hydroxylation is 1. The van der Waals surface area contributed by atoms with Gasteiger partial charge in [0.2, 0.25) is 11.8 Å². The largest absolute Gasteiger partial charge is 0.492 e. The zero-order chi connectivity index (χ0) is 18.5. The van der Waals surface area contributed by atoms with Crippen LogP contribution in [0.5, 0.6) is 5.75 Å². The third-order valence-electron chi connectivity index (χ3n) is 4.66. The van der Waals surface area contributed by atoms with Gasteiger partial charge in [0.05, 0.1) is 5.92 Å². The number of anilines is 1. The third-order valence-corrected chi connectivity index (χ3v) is 4.66. The van der Waals surface area contributed by atoms with E-state index in [1.807, 2.05) is 56.3 Å². The van der Waals surface area contributed by atoms with Crippen molar-refractivity contribution in [2.75, 3.05) is 11.9 Å². The van der Waals surface area contributed by atoms with Gasteiger partial charge in [-0.3, -0.25) is 9.59 Å². The van der Waals surface area contributed by atoms with Crippen LogP contribution < -0.4 is 15.4 Å². The highest BCUT2D eigenvalue weighted by Gasteiger charge is 2.26. The molecule has 1 unspecified atom stereocenters. The SMILES string of the molecule is CCC(=O)Nc1ccc2c(c1)CC(C(=O)NCc1ccccc1C)CO2. The van der Waals surface area contributed by atoms with Gasteiger partial charge in [-0.25, -0.2) is 0 Å². The van der Waals surface area contributed by atoms with E-state index in [0.29, 0.717) is 26.0 Å². The van der Waals surface area contributed by atoms with Crippen molar-refractivity contribution in [3.05, 3.63) is 59.2 Å². The standard InChI is InChI=1S/C21H24N2O3/c1-3-20(24)23-18-8-9-19-16(11-18)10-17(13-26-19)21(25)22-12-15-7-5-4-6-14(15)2/h4-9,11,17H,3,10,12-13H2,1-2H3,(H,22,25)(H,23,24). The van der Waals surface area contributed by atoms with Gasteiger partial charge in [-0.1, -0.05) is 31.2 Å². The molecule has 0 saturated heterocycles. The summed E-state index contributed by atoms with van der Waals surface area (Å²) >= 11 is 0. The molecule has 1 atom stereocenters. The summed E-state index contributed by atoms with van der Waals surface area (Å²) in [6.07, 6.45) is 1.03. The highest BCUT2D eigenvalue weighted by atomic mass is 16.5. The normalized spacial score (nSPS) is 15.5. The third kappa shape index (κ3) is 4.23. The summed E-state index contributed by atoms with van der Waals surface area (Å²) in [7, 11) is 0. The second kappa shape index (κ2) is 8.04. The van der Waals surface area contributed by atoms with Gasteiger partial charge in [-0.2, -0.15) is 0 Å². The average molecular weight is 352 g/mol. The number of nitrogens with one attached hydrogen (secondary N) is 2. The van der Waals surface area contributed by atoms with Crippen LogP contribution in [0.3, 0.4) is 0 Å². The van der Waals surface area contributed by atoms with Gasteiger partial charge < -0.3 is 15.4 Å². The van der Waals surface area contributed by atoms with E-state index in [4.69, 9.17) is 4.74 Å². The van der Waals surface area contributed by atoms with Crippen LogP contribution in [0, 0.1) is 12.8 Å². The minimum Gasteiger partial charge on any atom is -0.492 e. The van der Waals surface area contributed by atoms with Crippen molar-refractivity contribution in [2.24, 2.45) is 5.92 Å². The van der Waals surface area contributed by atoms with Gasteiger partial charge in [0.1, 0.15) is 12.4 Å². The Kier molecular flexibility index (Phi) is 5.56. The predicted octanol–water partition coefficient (Wildman–Crippen LogP) is 3.21. The topological polar surface area (TPSA) is 67.4 Å². The van der Waals surface area contributed by atoms with E-state index in [-0.39, 0.29) is 17.7 Å². The second-order valence-corrected chi connectivity index (χ2v) is 6.58. The fraction of sp³-hybridized carbons (Fsp3) is 0.333. The lowest BCUT2D eigenvalue weighted by Gasteiger charge is -2.25. The molecule has 5 heteroatoms. The first-order valence-electron chi connectivity index (χ1n) is 8.94. The van der Waals surface area contributed by atoms with Crippen molar-refractivity contribution in [3.8, 4) is 5.75 Å². The fourth-order valence-electron chi connectivity index (χ4n) is 3.03. The molecule has 2 aromatic carbocycles. The first kappa shape index (κ1) is 18.0. The number of fused-ring (bicyclic) bond motifs is 1. The van der Waals surface area contributed by atoms with E-state index in [2.05, 4.69) is 10.6 Å². The average Bonchev–Trinajstić information content (AvgIpc) is 2.66. The molecule has 0 spiro atoms. The van der Waals surface area contributed by atoms with Crippen LogP contribution in [0.4, 0.5) is 5.69 Å². The molecule has 3 rings (SSSR count). The van der Waals surface area contributed by atoms with Crippen molar-refractivity contribution in [3.63, 3.8) is 0 Å². The van der Waals surface area contributed by atoms with Crippen LogP contribution >= 0.6 is 0 Å². The lowest BCUT2D eigenvalue weighted by molar-refractivity contribution is -0.126. The molecule has 0 radical (unpaired) electrons. The van der Waals surface area contributed by atoms with E-state index in [1.54, 1.807) is 0 Å². The molecular formula is C21H24N2O3. The van der Waals surface area contributed by atoms with Gasteiger partial charge in [0.25, 0.3) is 0 Å². The van der Waals surface area contributed by atoms with E-state index in [9.17, 15) is 9.59 Å². The fourth-order valence-corrected chi connectivity index (χ4v) is 3.03. The second-order valence-electron chi connectivity index (χ2n) is 6.58. The maximum atomic E-state index is 12.5. The maximum Gasteiger partial charge on any atom is 0.227 e. The van der Waals surface area contributed by atoms with Crippen LogP contribution in [-0.2, 0) is 22.6 Å². The van der Waals surface area contributed by atoms with Gasteiger partial charge in [0.15, 0.2) is 0 Å². The summed E-state index contributed by atoms with van der Waals surface area (Å²) in [5.74, 6) is 0.502. The quantitative estimate of drug-likeness (QED) is 0.868. The van der Waals surface area contributed by atoms with E-state index < -0.39 is 0 Å². The number of rotatable bonds is 5. The lowest BCUT2D eigenvalue weighted by Crippen LogP contribution is -2.37.